The van der Waals surface area contributed by atoms with Gasteiger partial charge in [-0.05, 0) is 87.9 Å². The van der Waals surface area contributed by atoms with Gasteiger partial charge in [0.15, 0.2) is 0 Å². The summed E-state index contributed by atoms with van der Waals surface area (Å²) in [6, 6.07) is 18.6. The van der Waals surface area contributed by atoms with Gasteiger partial charge in [-0.1, -0.05) is 18.2 Å². The lowest BCUT2D eigenvalue weighted by molar-refractivity contribution is -0.116. The molecule has 4 amide bonds. The predicted octanol–water partition coefficient (Wildman–Crippen LogP) is 6.28. The van der Waals surface area contributed by atoms with Crippen molar-refractivity contribution in [3.05, 3.63) is 95.7 Å². The summed E-state index contributed by atoms with van der Waals surface area (Å²) in [6.07, 6.45) is 5.92. The maximum atomic E-state index is 13.3. The highest BCUT2D eigenvalue weighted by molar-refractivity contribution is 6.18. The number of aromatic amines is 1. The van der Waals surface area contributed by atoms with Crippen molar-refractivity contribution in [1.29, 1.82) is 0 Å². The van der Waals surface area contributed by atoms with Crippen molar-refractivity contribution in [2.45, 2.75) is 25.7 Å². The fourth-order valence-corrected chi connectivity index (χ4v) is 6.66. The third kappa shape index (κ3) is 11.4. The van der Waals surface area contributed by atoms with E-state index >= 15 is 0 Å². The summed E-state index contributed by atoms with van der Waals surface area (Å²) in [4.78, 5) is 59.2. The number of carbonyl (C=O) groups excluding carboxylic acids is 4. The van der Waals surface area contributed by atoms with Crippen LogP contribution in [0.5, 0.6) is 0 Å². The van der Waals surface area contributed by atoms with E-state index in [2.05, 4.69) is 60.3 Å². The molecule has 5 N–H and O–H groups in total. The Bertz CT molecular complexity index is 2100. The molecule has 2 aromatic carbocycles. The first-order valence-corrected chi connectivity index (χ1v) is 19.3. The zero-order valence-corrected chi connectivity index (χ0v) is 33.2. The average Bonchev–Trinajstić information content (AvgIpc) is 3.85. The van der Waals surface area contributed by atoms with Gasteiger partial charge in [-0.3, -0.25) is 19.2 Å². The number of anilines is 4. The van der Waals surface area contributed by atoms with Crippen LogP contribution in [-0.4, -0.2) is 94.7 Å². The van der Waals surface area contributed by atoms with Gasteiger partial charge < -0.3 is 45.2 Å². The van der Waals surface area contributed by atoms with Crippen LogP contribution in [-0.2, 0) is 25.3 Å². The smallest absolute Gasteiger partial charge is 0.272 e. The summed E-state index contributed by atoms with van der Waals surface area (Å²) in [5, 5.41) is 12.4. The minimum Gasteiger partial charge on any atom is -0.369 e. The number of nitrogens with one attached hydrogen (secondary N) is 5. The van der Waals surface area contributed by atoms with Gasteiger partial charge in [0.25, 0.3) is 17.7 Å². The molecule has 3 heterocycles. The molecule has 0 saturated heterocycles. The SMILES string of the molecule is CN(C)CCCNC(=O)c1cc2ccc(NC(=O)c3cc(NC(=O)c4cc(NC(=O)CCCc5ccc(N(CCCl)CCCl)cc5)cn4C)cn3C)cc2[nH]1. The monoisotopic (exact) mass is 789 g/mol. The van der Waals surface area contributed by atoms with Crippen molar-refractivity contribution in [2.75, 3.05) is 72.9 Å². The minimum absolute atomic E-state index is 0.143. The van der Waals surface area contributed by atoms with E-state index in [0.29, 0.717) is 70.8 Å². The Morgan fingerprint density at radius 2 is 1.33 bits per heavy atom. The fraction of sp³-hybridized carbons (Fsp3) is 0.350. The highest BCUT2D eigenvalue weighted by Crippen LogP contribution is 2.23. The second-order valence-electron chi connectivity index (χ2n) is 13.7. The fourth-order valence-electron chi connectivity index (χ4n) is 6.25. The first-order chi connectivity index (χ1) is 26.4. The number of carbonyl (C=O) groups is 4. The van der Waals surface area contributed by atoms with Crippen LogP contribution >= 0.6 is 23.2 Å². The van der Waals surface area contributed by atoms with Gasteiger partial charge in [-0.15, -0.1) is 23.2 Å². The Morgan fingerprint density at radius 1 is 0.709 bits per heavy atom. The van der Waals surface area contributed by atoms with Gasteiger partial charge in [0, 0.05) is 86.6 Å². The minimum atomic E-state index is -0.394. The Balaban J connectivity index is 1.11. The molecule has 0 unspecified atom stereocenters. The van der Waals surface area contributed by atoms with Crippen molar-refractivity contribution < 1.29 is 19.2 Å². The normalized spacial score (nSPS) is 11.2. The summed E-state index contributed by atoms with van der Waals surface area (Å²) >= 11 is 11.9. The van der Waals surface area contributed by atoms with Crippen LogP contribution in [0, 0.1) is 0 Å². The van der Waals surface area contributed by atoms with Crippen molar-refractivity contribution in [1.82, 2.24) is 24.3 Å². The van der Waals surface area contributed by atoms with Gasteiger partial charge in [-0.25, -0.2) is 0 Å². The summed E-state index contributed by atoms with van der Waals surface area (Å²) < 4.78 is 3.26. The quantitative estimate of drug-likeness (QED) is 0.0492. The Morgan fingerprint density at radius 3 is 1.95 bits per heavy atom. The second kappa shape index (κ2) is 19.4. The number of halogens is 2. The molecule has 15 heteroatoms. The second-order valence-corrected chi connectivity index (χ2v) is 14.4. The number of hydrogen-bond donors (Lipinski definition) is 5. The molecule has 0 atom stereocenters. The van der Waals surface area contributed by atoms with E-state index in [4.69, 9.17) is 23.2 Å². The van der Waals surface area contributed by atoms with E-state index in [1.54, 1.807) is 66.0 Å². The van der Waals surface area contributed by atoms with E-state index in [0.717, 1.165) is 49.1 Å². The molecule has 0 saturated carbocycles. The molecule has 0 aliphatic carbocycles. The standard InChI is InChI=1S/C40H49Cl2N9O4/c1-48(2)18-6-17-43-38(53)34-21-28-11-12-29(22-33(28)47-34)45-39(54)36-24-31(26-50(36)4)46-40(55)35-23-30(25-49(35)3)44-37(52)8-5-7-27-9-13-32(14-10-27)51(19-15-41)20-16-42/h9-14,21-26,47H,5-8,15-20H2,1-4H3,(H,43,53)(H,44,52)(H,45,54)(H,46,55). The Hall–Kier alpha value is -5.24. The maximum absolute atomic E-state index is 13.3. The van der Waals surface area contributed by atoms with Crippen molar-refractivity contribution in [3.8, 4) is 0 Å². The largest absolute Gasteiger partial charge is 0.369 e. The van der Waals surface area contributed by atoms with Crippen LogP contribution in [0.2, 0.25) is 0 Å². The van der Waals surface area contributed by atoms with Crippen LogP contribution < -0.4 is 26.2 Å². The molecule has 292 valence electrons. The third-order valence-corrected chi connectivity index (χ3v) is 9.43. The summed E-state index contributed by atoms with van der Waals surface area (Å²) in [6.45, 7) is 2.90. The lowest BCUT2D eigenvalue weighted by Gasteiger charge is -2.23. The number of aryl methyl sites for hydroxylation is 3. The van der Waals surface area contributed by atoms with Crippen LogP contribution in [0.1, 0.15) is 56.3 Å². The molecule has 0 fully saturated rings. The Kier molecular flexibility index (Phi) is 14.4. The van der Waals surface area contributed by atoms with E-state index in [-0.39, 0.29) is 17.7 Å². The van der Waals surface area contributed by atoms with Gasteiger partial charge in [0.1, 0.15) is 17.1 Å². The molecule has 5 rings (SSSR count). The lowest BCUT2D eigenvalue weighted by atomic mass is 10.1. The van der Waals surface area contributed by atoms with Gasteiger partial charge in [0.2, 0.25) is 5.91 Å². The molecule has 0 aliphatic heterocycles. The van der Waals surface area contributed by atoms with Crippen LogP contribution in [0.15, 0.2) is 73.1 Å². The van der Waals surface area contributed by atoms with E-state index < -0.39 is 5.91 Å². The molecule has 0 radical (unpaired) electrons. The number of nitrogens with zero attached hydrogens (tertiary/aromatic N) is 4. The molecule has 55 heavy (non-hydrogen) atoms. The van der Waals surface area contributed by atoms with Gasteiger partial charge >= 0.3 is 0 Å². The molecule has 0 bridgehead atoms. The number of amides is 4. The number of rotatable bonds is 19. The number of benzene rings is 2. The van der Waals surface area contributed by atoms with E-state index in [1.165, 1.54) is 0 Å². The molecular weight excluding hydrogens is 741 g/mol. The topological polar surface area (TPSA) is 149 Å². The van der Waals surface area contributed by atoms with Crippen molar-refractivity contribution in [3.63, 3.8) is 0 Å². The van der Waals surface area contributed by atoms with Crippen molar-refractivity contribution >= 4 is 80.5 Å². The van der Waals surface area contributed by atoms with Gasteiger partial charge in [-0.2, -0.15) is 0 Å². The molecule has 3 aromatic heterocycles. The van der Waals surface area contributed by atoms with Crippen LogP contribution in [0.4, 0.5) is 22.7 Å². The summed E-state index contributed by atoms with van der Waals surface area (Å²) in [7, 11) is 7.42. The molecule has 13 nitrogen and oxygen atoms in total. The number of hydrogen-bond acceptors (Lipinski definition) is 6. The summed E-state index contributed by atoms with van der Waals surface area (Å²) in [5.41, 5.74) is 5.52. The van der Waals surface area contributed by atoms with E-state index in [9.17, 15) is 19.2 Å². The van der Waals surface area contributed by atoms with Gasteiger partial charge in [0.05, 0.1) is 11.4 Å². The maximum Gasteiger partial charge on any atom is 0.272 e. The molecule has 0 spiro atoms. The lowest BCUT2D eigenvalue weighted by Crippen LogP contribution is -2.27. The highest BCUT2D eigenvalue weighted by Gasteiger charge is 2.18. The number of aromatic nitrogens is 3. The van der Waals surface area contributed by atoms with Crippen molar-refractivity contribution in [2.24, 2.45) is 14.1 Å². The predicted molar refractivity (Wildman–Crippen MR) is 222 cm³/mol. The number of alkyl halides is 2. The zero-order valence-electron chi connectivity index (χ0n) is 31.7. The average molecular weight is 791 g/mol. The first kappa shape index (κ1) is 40.9. The molecular formula is C40H49Cl2N9O4. The third-order valence-electron chi connectivity index (χ3n) is 9.09. The Labute approximate surface area is 331 Å². The number of H-pyrrole nitrogens is 1. The molecule has 0 aliphatic rings. The highest BCUT2D eigenvalue weighted by atomic mass is 35.5. The van der Waals surface area contributed by atoms with Crippen LogP contribution in [0.3, 0.4) is 0 Å². The zero-order chi connectivity index (χ0) is 39.5. The molecule has 5 aromatic rings. The van der Waals surface area contributed by atoms with E-state index in [1.807, 2.05) is 20.2 Å². The number of fused-ring (bicyclic) bond motifs is 1. The first-order valence-electron chi connectivity index (χ1n) is 18.2. The van der Waals surface area contributed by atoms with Crippen LogP contribution in [0.25, 0.3) is 10.9 Å². The summed E-state index contributed by atoms with van der Waals surface area (Å²) in [5.74, 6) is -0.0491.